The quantitative estimate of drug-likeness (QED) is 0.0488. The summed E-state index contributed by atoms with van der Waals surface area (Å²) in [5.41, 5.74) is -1.01. The van der Waals surface area contributed by atoms with E-state index in [4.69, 9.17) is 23.7 Å². The number of quaternary nitrogens is 4. The van der Waals surface area contributed by atoms with Crippen LogP contribution >= 0.6 is 0 Å². The first-order valence-electron chi connectivity index (χ1n) is 40.4. The van der Waals surface area contributed by atoms with Gasteiger partial charge in [-0.05, 0) is 248 Å². The Kier molecular flexibility index (Phi) is 30.3. The fraction of sp³-hybridized carbons (Fsp3) is 0.893. The van der Waals surface area contributed by atoms with Crippen molar-refractivity contribution >= 4 is 41.2 Å². The molecule has 0 spiro atoms. The fourth-order valence-electron chi connectivity index (χ4n) is 19.7. The molecular weight excluding hydrogens is 1370 g/mol. The summed E-state index contributed by atoms with van der Waals surface area (Å²) in [5.74, 6) is 0.408. The van der Waals surface area contributed by atoms with Gasteiger partial charge in [-0.25, -0.2) is 34.9 Å². The van der Waals surface area contributed by atoms with Crippen LogP contribution in [0.4, 0.5) is 0 Å². The highest BCUT2D eigenvalue weighted by Gasteiger charge is 2.58. The maximum atomic E-state index is 11.9. The molecule has 11 rings (SSSR count). The van der Waals surface area contributed by atoms with Crippen LogP contribution in [-0.2, 0) is 57.2 Å². The number of nitrogens with zero attached hydrogens (tertiary/aromatic N) is 5. The Morgan fingerprint density at radius 3 is 1.01 bits per heavy atom. The smallest absolute Gasteiger partial charge is 0.330 e. The predicted molar refractivity (Wildman–Crippen MR) is 419 cm³/mol. The van der Waals surface area contributed by atoms with Crippen LogP contribution in [0.25, 0.3) is 0 Å². The number of carbonyl (C=O) groups excluding carboxylic acids is 7. The number of ketones is 2. The van der Waals surface area contributed by atoms with Crippen molar-refractivity contribution in [3.8, 4) is 0 Å². The van der Waals surface area contributed by atoms with Gasteiger partial charge in [-0.15, -0.1) is 0 Å². The first kappa shape index (κ1) is 95.0. The zero-order valence-corrected chi connectivity index (χ0v) is 73.9. The van der Waals surface area contributed by atoms with Crippen LogP contribution in [0.3, 0.4) is 0 Å². The first-order chi connectivity index (χ1) is 48.6. The lowest BCUT2D eigenvalue weighted by atomic mass is 9.77. The Balaban J connectivity index is 0.000000227. The van der Waals surface area contributed by atoms with Crippen LogP contribution in [0.1, 0.15) is 309 Å². The number of hydrogen-bond donors (Lipinski definition) is 7. The van der Waals surface area contributed by atoms with Crippen LogP contribution in [0, 0.1) is 0 Å². The van der Waals surface area contributed by atoms with Gasteiger partial charge in [0.15, 0.2) is 0 Å². The Hall–Kier alpha value is -3.57. The highest BCUT2D eigenvalue weighted by Crippen LogP contribution is 2.43. The number of hydroxylamine groups is 6. The minimum absolute atomic E-state index is 0.00769. The molecule has 108 heavy (non-hydrogen) atoms. The molecule has 0 aromatic heterocycles. The molecule has 0 aromatic carbocycles. The number of likely N-dealkylation sites (tertiary alicyclic amines) is 6. The molecule has 11 aliphatic heterocycles. The van der Waals surface area contributed by atoms with Crippen LogP contribution < -0.4 is 20.1 Å². The second kappa shape index (κ2) is 34.5. The van der Waals surface area contributed by atoms with Crippen molar-refractivity contribution in [2.45, 2.75) is 430 Å². The summed E-state index contributed by atoms with van der Waals surface area (Å²) in [7, 11) is 8.59. The van der Waals surface area contributed by atoms with E-state index in [1.165, 1.54) is 11.0 Å². The SMILES string of the molecule is C=CC(=O)OC1CC(C)(C)N(C)C(C)(C)C1.CC1(C)CC(=O)CC(C)(C)[NH+]1O.CC1(C)CC(OCC2CO2)CC(C)(C)[NH+]1O.CC1(C)CC([NH+]2C(=O)CCC2=O)CC(C)(C)[NH+]1O.CN1C(C)(C)CC(=O)CC1(C)C.CN1C(C)(C)CC(N2C(=O)CCC2=O)CC1(C)C.CN1C(C)(C)CC(OCC2CO2)CC1(C)C. The summed E-state index contributed by atoms with van der Waals surface area (Å²) in [5, 5.41) is 31.9. The molecule has 11 saturated heterocycles. The Morgan fingerprint density at radius 1 is 0.407 bits per heavy atom. The van der Waals surface area contributed by atoms with Crippen molar-refractivity contribution in [2.24, 2.45) is 0 Å². The van der Waals surface area contributed by atoms with Gasteiger partial charge in [-0.3, -0.25) is 43.7 Å². The first-order valence-corrected chi connectivity index (χ1v) is 40.4. The zero-order valence-electron chi connectivity index (χ0n) is 73.9. The van der Waals surface area contributed by atoms with Crippen molar-refractivity contribution in [1.29, 1.82) is 0 Å². The van der Waals surface area contributed by atoms with Crippen LogP contribution in [0.2, 0.25) is 0 Å². The molecule has 24 heteroatoms. The fourth-order valence-corrected chi connectivity index (χ4v) is 19.7. The third-order valence-corrected chi connectivity index (χ3v) is 26.3. The van der Waals surface area contributed by atoms with Crippen LogP contribution in [0.5, 0.6) is 0 Å². The van der Waals surface area contributed by atoms with E-state index >= 15 is 0 Å². The number of esters is 1. The van der Waals surface area contributed by atoms with E-state index in [9.17, 15) is 49.2 Å². The normalized spacial score (nSPS) is 32.0. The average molecular weight is 1530 g/mol. The highest BCUT2D eigenvalue weighted by atomic mass is 16.6. The van der Waals surface area contributed by atoms with E-state index in [0.717, 1.165) is 71.2 Å². The molecule has 11 fully saturated rings. The molecule has 24 nitrogen and oxygen atoms in total. The van der Waals surface area contributed by atoms with E-state index in [1.807, 2.05) is 55.4 Å². The number of Topliss-reactive ketones (excluding diaryl/α,β-unsaturated/α-hetero) is 2. The number of carbonyl (C=O) groups is 7. The van der Waals surface area contributed by atoms with Gasteiger partial charge in [0.05, 0.1) is 77.2 Å². The minimum Gasteiger partial charge on any atom is -0.459 e. The number of hydrogen-bond acceptors (Lipinski definition) is 19. The monoisotopic (exact) mass is 1530 g/mol. The van der Waals surface area contributed by atoms with Gasteiger partial charge in [0.2, 0.25) is 11.8 Å². The van der Waals surface area contributed by atoms with Crippen LogP contribution in [0.15, 0.2) is 12.7 Å². The van der Waals surface area contributed by atoms with Gasteiger partial charge >= 0.3 is 17.8 Å². The maximum Gasteiger partial charge on any atom is 0.330 e. The molecule has 11 heterocycles. The third kappa shape index (κ3) is 24.7. The summed E-state index contributed by atoms with van der Waals surface area (Å²) >= 11 is 0. The molecule has 2 unspecified atom stereocenters. The lowest BCUT2D eigenvalue weighted by Gasteiger charge is -2.54. The minimum atomic E-state index is -0.334. The molecule has 0 saturated carbocycles. The van der Waals surface area contributed by atoms with Crippen molar-refractivity contribution < 1.29 is 93.0 Å². The molecule has 4 amide bonds. The number of piperidine rings is 7. The molecular formula is C84H157N9O15+4. The predicted octanol–water partition coefficient (Wildman–Crippen LogP) is 7.33. The molecule has 7 N–H and O–H groups in total. The standard InChI is InChI=1S/C14H24N2O2.C13H22N2O3.C13H25NO2.C13H23NO2.C12H23NO3.C10H19NO.C9H17NO2/c1-13(2)8-10(9-14(3,4)15(13)5)16-11(17)6-7-12(16)18;1-12(2)7-9(8-13(3,4)15(12)18)14-10(16)5-6-11(14)17;1-12(2)6-10(15-8-11-9-16-11)7-13(3,4)14(12)5;1-7-11(15)16-10-8-12(2,3)14(6)13(4,5)9-10;1-11(2)5-9(15-7-10-8-16-10)6-12(3,4)13(11)14;1-9(2)6-8(12)7-10(3,4)11(9)5;1-8(2)5-7(11)6-9(3,4)10(8)12/h10H,6-9H2,1-5H3;9,18H,5-8H2,1-4H3;10-11H,6-9H2,1-5H3;7,10H,1,8-9H2,2-6H3;9-10,14H,5-8H2,1-4H3;6-7H2,1-5H3;12H,5-6H2,1-4H3/p+4. The van der Waals surface area contributed by atoms with Gasteiger partial charge < -0.3 is 23.7 Å². The van der Waals surface area contributed by atoms with E-state index in [-0.39, 0.29) is 137 Å². The third-order valence-electron chi connectivity index (χ3n) is 26.3. The summed E-state index contributed by atoms with van der Waals surface area (Å²) < 4.78 is 27.6. The molecule has 0 aromatic rings. The number of amides is 4. The van der Waals surface area contributed by atoms with Gasteiger partial charge in [-0.1, -0.05) is 6.58 Å². The molecule has 0 aliphatic carbocycles. The van der Waals surface area contributed by atoms with Crippen molar-refractivity contribution in [3.05, 3.63) is 12.7 Å². The number of imide groups is 2. The van der Waals surface area contributed by atoms with Crippen molar-refractivity contribution in [2.75, 3.05) is 54.6 Å². The van der Waals surface area contributed by atoms with Gasteiger partial charge in [0, 0.05) is 108 Å². The Labute approximate surface area is 652 Å². The van der Waals surface area contributed by atoms with E-state index in [1.54, 1.807) is 0 Å². The Morgan fingerprint density at radius 2 is 0.685 bits per heavy atom. The zero-order chi connectivity index (χ0) is 83.1. The average Bonchev–Trinajstić information content (AvgIpc) is 1.39. The molecule has 2 atom stereocenters. The van der Waals surface area contributed by atoms with Crippen molar-refractivity contribution in [3.63, 3.8) is 0 Å². The van der Waals surface area contributed by atoms with E-state index in [0.29, 0.717) is 115 Å². The van der Waals surface area contributed by atoms with Gasteiger partial charge in [-0.2, -0.15) is 15.2 Å². The lowest BCUT2D eigenvalue weighted by molar-refractivity contribution is -1.17. The molecule has 11 aliphatic rings. The van der Waals surface area contributed by atoms with Gasteiger partial charge in [0.25, 0.3) is 0 Å². The number of ether oxygens (including phenoxy) is 5. The second-order valence-electron chi connectivity index (χ2n) is 42.8. The van der Waals surface area contributed by atoms with Gasteiger partial charge in [0.1, 0.15) is 69.2 Å². The van der Waals surface area contributed by atoms with Crippen molar-refractivity contribution in [1.82, 2.24) is 24.5 Å². The second-order valence-corrected chi connectivity index (χ2v) is 42.8. The van der Waals surface area contributed by atoms with Crippen LogP contribution in [-0.4, -0.2) is 256 Å². The highest BCUT2D eigenvalue weighted by molar-refractivity contribution is 6.02. The summed E-state index contributed by atoms with van der Waals surface area (Å²) in [4.78, 5) is 93.0. The number of epoxide rings is 2. The maximum absolute atomic E-state index is 11.9. The lowest BCUT2D eigenvalue weighted by Crippen LogP contribution is -3.29. The topological polar surface area (TPSA) is 267 Å². The van der Waals surface area contributed by atoms with E-state index in [2.05, 4.69) is 193 Å². The molecule has 0 radical (unpaired) electrons. The molecule has 624 valence electrons. The Bertz CT molecular complexity index is 2810. The molecule has 0 bridgehead atoms. The summed E-state index contributed by atoms with van der Waals surface area (Å²) in [6.07, 6.45) is 15.3. The summed E-state index contributed by atoms with van der Waals surface area (Å²) in [6.45, 7) is 65.8. The number of nitrogens with one attached hydrogen (secondary N) is 4. The largest absolute Gasteiger partial charge is 0.459 e. The number of rotatable bonds is 10. The van der Waals surface area contributed by atoms with E-state index < -0.39 is 0 Å². The summed E-state index contributed by atoms with van der Waals surface area (Å²) in [6, 6.07) is 0.0714.